The topological polar surface area (TPSA) is 96.9 Å². The van der Waals surface area contributed by atoms with Crippen LogP contribution in [0.2, 0.25) is 0 Å². The van der Waals surface area contributed by atoms with Crippen LogP contribution in [0.4, 0.5) is 27.6 Å². The SMILES string of the molecule is CC(=O)Nc1ccc(SCC2CC(c3ccc(CO)cc3)OC(c3ccc(-c4cccc(CNC(=O)c5c(F)c(F)c(F)c(F)c5F)c4)cc3)O2)cc1. The van der Waals surface area contributed by atoms with Crippen molar-refractivity contribution >= 4 is 29.3 Å². The van der Waals surface area contributed by atoms with Gasteiger partial charge in [0.2, 0.25) is 11.7 Å². The molecule has 274 valence electrons. The zero-order valence-electron chi connectivity index (χ0n) is 28.2. The number of amides is 2. The van der Waals surface area contributed by atoms with Gasteiger partial charge in [0.05, 0.1) is 18.8 Å². The lowest BCUT2D eigenvalue weighted by Gasteiger charge is -2.36. The Labute approximate surface area is 306 Å². The highest BCUT2D eigenvalue weighted by molar-refractivity contribution is 7.99. The summed E-state index contributed by atoms with van der Waals surface area (Å²) < 4.78 is 81.8. The molecule has 3 N–H and O–H groups in total. The molecule has 5 aromatic rings. The van der Waals surface area contributed by atoms with Gasteiger partial charge in [-0.1, -0.05) is 66.7 Å². The Morgan fingerprint density at radius 2 is 1.40 bits per heavy atom. The monoisotopic (exact) mass is 748 g/mol. The van der Waals surface area contributed by atoms with Gasteiger partial charge in [0.15, 0.2) is 29.6 Å². The van der Waals surface area contributed by atoms with E-state index in [2.05, 4.69) is 10.6 Å². The van der Waals surface area contributed by atoms with Gasteiger partial charge in [-0.05, 0) is 58.1 Å². The predicted molar refractivity (Wildman–Crippen MR) is 189 cm³/mol. The van der Waals surface area contributed by atoms with E-state index in [-0.39, 0.29) is 31.3 Å². The fourth-order valence-corrected chi connectivity index (χ4v) is 6.74. The standard InChI is InChI=1S/C40H33F5N2O5S/c1-22(49)47-29-13-15-31(16-14-29)53-21-30-18-32(26-7-5-23(20-48)6-8-26)52-40(51-30)27-11-9-25(10-12-27)28-4-2-3-24(17-28)19-46-39(50)33-34(41)36(43)38(45)37(44)35(33)42/h2-17,30,32,40,48H,18-21H2,1H3,(H,46,50)(H,47,49). The Morgan fingerprint density at radius 1 is 0.755 bits per heavy atom. The van der Waals surface area contributed by atoms with E-state index < -0.39 is 46.8 Å². The number of rotatable bonds is 11. The molecule has 1 saturated heterocycles. The van der Waals surface area contributed by atoms with Crippen LogP contribution in [0.5, 0.6) is 0 Å². The van der Waals surface area contributed by atoms with Crippen LogP contribution in [0.1, 0.15) is 58.4 Å². The Hall–Kier alpha value is -5.08. The van der Waals surface area contributed by atoms with Crippen molar-refractivity contribution < 1.29 is 46.1 Å². The summed E-state index contributed by atoms with van der Waals surface area (Å²) in [5.41, 5.74) is 3.72. The van der Waals surface area contributed by atoms with Gasteiger partial charge in [0, 0.05) is 41.8 Å². The number of thioether (sulfide) groups is 1. The highest BCUT2D eigenvalue weighted by atomic mass is 32.2. The van der Waals surface area contributed by atoms with Gasteiger partial charge in [0.1, 0.15) is 5.56 Å². The van der Waals surface area contributed by atoms with Crippen molar-refractivity contribution in [1.29, 1.82) is 0 Å². The summed E-state index contributed by atoms with van der Waals surface area (Å²) in [5, 5.41) is 14.5. The number of benzene rings is 5. The molecule has 3 atom stereocenters. The van der Waals surface area contributed by atoms with Crippen LogP contribution < -0.4 is 10.6 Å². The molecule has 53 heavy (non-hydrogen) atoms. The summed E-state index contributed by atoms with van der Waals surface area (Å²) in [7, 11) is 0. The van der Waals surface area contributed by atoms with Crippen molar-refractivity contribution in [1.82, 2.24) is 5.32 Å². The van der Waals surface area contributed by atoms with E-state index in [1.54, 1.807) is 30.0 Å². The molecule has 7 nitrogen and oxygen atoms in total. The normalized spacial score (nSPS) is 17.0. The van der Waals surface area contributed by atoms with Gasteiger partial charge in [-0.2, -0.15) is 0 Å². The number of ether oxygens (including phenoxy) is 2. The first-order chi connectivity index (χ1) is 25.5. The van der Waals surface area contributed by atoms with Gasteiger partial charge < -0.3 is 25.2 Å². The fourth-order valence-electron chi connectivity index (χ4n) is 5.82. The van der Waals surface area contributed by atoms with E-state index in [0.717, 1.165) is 32.7 Å². The van der Waals surface area contributed by atoms with Crippen molar-refractivity contribution in [3.8, 4) is 11.1 Å². The maximum absolute atomic E-state index is 14.1. The summed E-state index contributed by atoms with van der Waals surface area (Å²) in [6.45, 7) is 1.14. The van der Waals surface area contributed by atoms with Crippen LogP contribution in [0.25, 0.3) is 11.1 Å². The maximum atomic E-state index is 14.1. The van der Waals surface area contributed by atoms with Crippen LogP contribution in [0, 0.1) is 29.1 Å². The minimum Gasteiger partial charge on any atom is -0.392 e. The molecular weight excluding hydrogens is 716 g/mol. The van der Waals surface area contributed by atoms with E-state index in [9.17, 15) is 36.6 Å². The highest BCUT2D eigenvalue weighted by Crippen LogP contribution is 2.40. The first-order valence-electron chi connectivity index (χ1n) is 16.5. The van der Waals surface area contributed by atoms with E-state index in [0.29, 0.717) is 23.4 Å². The third kappa shape index (κ3) is 8.94. The molecule has 5 aromatic carbocycles. The largest absolute Gasteiger partial charge is 0.392 e. The van der Waals surface area contributed by atoms with Crippen LogP contribution in [0.15, 0.2) is 102 Å². The molecule has 0 aliphatic carbocycles. The second kappa shape index (κ2) is 16.7. The van der Waals surface area contributed by atoms with E-state index >= 15 is 0 Å². The average Bonchev–Trinajstić information content (AvgIpc) is 3.18. The Morgan fingerprint density at radius 3 is 2.04 bits per heavy atom. The minimum absolute atomic E-state index is 0.0696. The number of aliphatic hydroxyl groups excluding tert-OH is 1. The molecular formula is C40H33F5N2O5S. The van der Waals surface area contributed by atoms with Crippen LogP contribution in [0.3, 0.4) is 0 Å². The smallest absolute Gasteiger partial charge is 0.257 e. The molecule has 1 heterocycles. The first-order valence-corrected chi connectivity index (χ1v) is 17.5. The zero-order valence-corrected chi connectivity index (χ0v) is 29.0. The lowest BCUT2D eigenvalue weighted by atomic mass is 9.99. The van der Waals surface area contributed by atoms with Crippen molar-refractivity contribution in [2.24, 2.45) is 0 Å². The molecule has 0 saturated carbocycles. The first kappa shape index (κ1) is 37.7. The molecule has 1 aliphatic heterocycles. The van der Waals surface area contributed by atoms with Crippen molar-refractivity contribution in [2.75, 3.05) is 11.1 Å². The lowest BCUT2D eigenvalue weighted by molar-refractivity contribution is -0.245. The van der Waals surface area contributed by atoms with Gasteiger partial charge in [0.25, 0.3) is 5.91 Å². The van der Waals surface area contributed by atoms with Crippen molar-refractivity contribution in [2.45, 2.75) is 49.9 Å². The van der Waals surface area contributed by atoms with Gasteiger partial charge in [-0.15, -0.1) is 11.8 Å². The molecule has 0 aromatic heterocycles. The molecule has 1 fully saturated rings. The number of halogens is 5. The third-order valence-corrected chi connectivity index (χ3v) is 9.70. The second-order valence-electron chi connectivity index (χ2n) is 12.3. The van der Waals surface area contributed by atoms with Crippen LogP contribution in [-0.4, -0.2) is 28.8 Å². The molecule has 13 heteroatoms. The zero-order chi connectivity index (χ0) is 37.6. The molecule has 6 rings (SSSR count). The number of anilines is 1. The van der Waals surface area contributed by atoms with E-state index in [1.165, 1.54) is 6.92 Å². The third-order valence-electron chi connectivity index (χ3n) is 8.56. The van der Waals surface area contributed by atoms with Gasteiger partial charge >= 0.3 is 0 Å². The molecule has 1 aliphatic rings. The lowest BCUT2D eigenvalue weighted by Crippen LogP contribution is -2.31. The number of carbonyl (C=O) groups is 2. The average molecular weight is 749 g/mol. The van der Waals surface area contributed by atoms with E-state index in [1.807, 2.05) is 78.9 Å². The Kier molecular flexibility index (Phi) is 11.9. The molecule has 0 radical (unpaired) electrons. The summed E-state index contributed by atoms with van der Waals surface area (Å²) in [6.07, 6.45) is -0.576. The van der Waals surface area contributed by atoms with Crippen molar-refractivity contribution in [3.05, 3.63) is 154 Å². The number of aliphatic hydroxyl groups is 1. The number of hydrogen-bond donors (Lipinski definition) is 3. The Balaban J connectivity index is 1.15. The molecule has 0 bridgehead atoms. The molecule has 3 unspecified atom stereocenters. The number of hydrogen-bond acceptors (Lipinski definition) is 6. The quantitative estimate of drug-likeness (QED) is 0.0541. The van der Waals surface area contributed by atoms with Crippen LogP contribution >= 0.6 is 11.8 Å². The predicted octanol–water partition coefficient (Wildman–Crippen LogP) is 8.77. The Bertz CT molecular complexity index is 2070. The van der Waals surface area contributed by atoms with Gasteiger partial charge in [-0.25, -0.2) is 22.0 Å². The number of nitrogens with one attached hydrogen (secondary N) is 2. The summed E-state index contributed by atoms with van der Waals surface area (Å²) in [5.74, 6) is -12.1. The van der Waals surface area contributed by atoms with Gasteiger partial charge in [-0.3, -0.25) is 9.59 Å². The summed E-state index contributed by atoms with van der Waals surface area (Å²) in [4.78, 5) is 24.8. The fraction of sp³-hybridized carbons (Fsp3) is 0.200. The minimum atomic E-state index is -2.34. The second-order valence-corrected chi connectivity index (χ2v) is 13.4. The van der Waals surface area contributed by atoms with E-state index in [4.69, 9.17) is 9.47 Å². The maximum Gasteiger partial charge on any atom is 0.257 e. The summed E-state index contributed by atoms with van der Waals surface area (Å²) in [6, 6.07) is 29.5. The summed E-state index contributed by atoms with van der Waals surface area (Å²) >= 11 is 1.63. The molecule has 0 spiro atoms. The molecule has 2 amide bonds. The number of carbonyl (C=O) groups excluding carboxylic acids is 2. The highest BCUT2D eigenvalue weighted by Gasteiger charge is 2.33. The van der Waals surface area contributed by atoms with Crippen LogP contribution in [-0.2, 0) is 27.4 Å². The van der Waals surface area contributed by atoms with Crippen molar-refractivity contribution in [3.63, 3.8) is 0 Å².